The van der Waals surface area contributed by atoms with Crippen LogP contribution in [0.3, 0.4) is 0 Å². The summed E-state index contributed by atoms with van der Waals surface area (Å²) in [6, 6.07) is 21.9. The van der Waals surface area contributed by atoms with Gasteiger partial charge in [-0.1, -0.05) is 54.2 Å². The normalized spacial score (nSPS) is 10.5. The fourth-order valence-corrected chi connectivity index (χ4v) is 2.91. The van der Waals surface area contributed by atoms with E-state index in [1.54, 1.807) is 17.8 Å². The van der Waals surface area contributed by atoms with Gasteiger partial charge in [-0.15, -0.1) is 4.91 Å². The minimum absolute atomic E-state index is 0.487. The highest BCUT2D eigenvalue weighted by atomic mass is 32.2. The van der Waals surface area contributed by atoms with E-state index in [2.05, 4.69) is 35.5 Å². The van der Waals surface area contributed by atoms with E-state index in [9.17, 15) is 4.91 Å². The third kappa shape index (κ3) is 2.51. The molecule has 0 N–H and O–H groups in total. The SMILES string of the molecule is O=Nc1ccccc1Sc1ccc2ccccc2c1. The summed E-state index contributed by atoms with van der Waals surface area (Å²) in [6.45, 7) is 0. The zero-order valence-electron chi connectivity index (χ0n) is 10.1. The predicted molar refractivity (Wildman–Crippen MR) is 80.0 cm³/mol. The van der Waals surface area contributed by atoms with Gasteiger partial charge in [-0.25, -0.2) is 0 Å². The van der Waals surface area contributed by atoms with E-state index in [1.165, 1.54) is 10.8 Å². The molecule has 0 fully saturated rings. The number of hydrogen-bond acceptors (Lipinski definition) is 3. The molecule has 3 rings (SSSR count). The highest BCUT2D eigenvalue weighted by molar-refractivity contribution is 7.99. The van der Waals surface area contributed by atoms with Crippen molar-refractivity contribution in [2.24, 2.45) is 5.18 Å². The van der Waals surface area contributed by atoms with Crippen molar-refractivity contribution >= 4 is 28.2 Å². The molecule has 0 spiro atoms. The number of fused-ring (bicyclic) bond motifs is 1. The molecule has 0 aliphatic rings. The number of benzene rings is 3. The Hall–Kier alpha value is -2.13. The van der Waals surface area contributed by atoms with Gasteiger partial charge in [0.15, 0.2) is 0 Å². The summed E-state index contributed by atoms with van der Waals surface area (Å²) in [5, 5.41) is 5.47. The van der Waals surface area contributed by atoms with Gasteiger partial charge in [-0.3, -0.25) is 0 Å². The highest BCUT2D eigenvalue weighted by Gasteiger charge is 2.04. The molecule has 0 atom stereocenters. The van der Waals surface area contributed by atoms with Gasteiger partial charge in [0.05, 0.1) is 0 Å². The van der Waals surface area contributed by atoms with Crippen molar-refractivity contribution in [3.05, 3.63) is 71.6 Å². The van der Waals surface area contributed by atoms with E-state index in [1.807, 2.05) is 30.3 Å². The Balaban J connectivity index is 1.99. The van der Waals surface area contributed by atoms with Gasteiger partial charge in [-0.05, 0) is 40.2 Å². The number of nitroso groups, excluding NO2 is 1. The van der Waals surface area contributed by atoms with Crippen LogP contribution in [0.1, 0.15) is 0 Å². The Morgan fingerprint density at radius 3 is 2.37 bits per heavy atom. The number of rotatable bonds is 3. The molecular formula is C16H11NOS. The maximum Gasteiger partial charge on any atom is 0.121 e. The molecule has 92 valence electrons. The van der Waals surface area contributed by atoms with Crippen LogP contribution < -0.4 is 0 Å². The lowest BCUT2D eigenvalue weighted by molar-refractivity contribution is 1.35. The minimum Gasteiger partial charge on any atom is -0.145 e. The molecule has 0 aliphatic carbocycles. The Bertz CT molecular complexity index is 739. The molecule has 0 unspecified atom stereocenters. The van der Waals surface area contributed by atoms with Gasteiger partial charge < -0.3 is 0 Å². The third-order valence-corrected chi connectivity index (χ3v) is 3.97. The van der Waals surface area contributed by atoms with Gasteiger partial charge in [0.2, 0.25) is 0 Å². The van der Waals surface area contributed by atoms with E-state index in [0.29, 0.717) is 5.69 Å². The summed E-state index contributed by atoms with van der Waals surface area (Å²) in [6.07, 6.45) is 0. The van der Waals surface area contributed by atoms with E-state index >= 15 is 0 Å². The second-order valence-electron chi connectivity index (χ2n) is 4.17. The standard InChI is InChI=1S/C16H11NOS/c18-17-15-7-3-4-8-16(15)19-14-10-9-12-5-1-2-6-13(12)11-14/h1-11H. The third-order valence-electron chi connectivity index (χ3n) is 2.91. The van der Waals surface area contributed by atoms with Crippen molar-refractivity contribution < 1.29 is 0 Å². The Morgan fingerprint density at radius 1 is 0.789 bits per heavy atom. The Kier molecular flexibility index (Phi) is 3.29. The van der Waals surface area contributed by atoms with E-state index in [-0.39, 0.29) is 0 Å². The number of hydrogen-bond donors (Lipinski definition) is 0. The molecule has 0 amide bonds. The summed E-state index contributed by atoms with van der Waals surface area (Å²) < 4.78 is 0. The van der Waals surface area contributed by atoms with Gasteiger partial charge in [0.1, 0.15) is 5.69 Å². The molecule has 19 heavy (non-hydrogen) atoms. The highest BCUT2D eigenvalue weighted by Crippen LogP contribution is 2.35. The molecule has 0 radical (unpaired) electrons. The topological polar surface area (TPSA) is 29.4 Å². The molecule has 2 nitrogen and oxygen atoms in total. The maximum absolute atomic E-state index is 10.8. The van der Waals surface area contributed by atoms with Crippen LogP contribution in [-0.2, 0) is 0 Å². The van der Waals surface area contributed by atoms with Gasteiger partial charge in [0, 0.05) is 9.79 Å². The van der Waals surface area contributed by atoms with Crippen LogP contribution in [-0.4, -0.2) is 0 Å². The van der Waals surface area contributed by atoms with Crippen LogP contribution in [0.4, 0.5) is 5.69 Å². The van der Waals surface area contributed by atoms with Crippen LogP contribution in [0, 0.1) is 4.91 Å². The molecule has 0 saturated heterocycles. The van der Waals surface area contributed by atoms with Crippen LogP contribution in [0.5, 0.6) is 0 Å². The molecule has 0 saturated carbocycles. The predicted octanol–water partition coefficient (Wildman–Crippen LogP) is 5.39. The lowest BCUT2D eigenvalue weighted by Crippen LogP contribution is -1.76. The van der Waals surface area contributed by atoms with Crippen molar-refractivity contribution in [3.8, 4) is 0 Å². The smallest absolute Gasteiger partial charge is 0.121 e. The first-order chi connectivity index (χ1) is 9.36. The average Bonchev–Trinajstić information content (AvgIpc) is 2.48. The van der Waals surface area contributed by atoms with Gasteiger partial charge >= 0.3 is 0 Å². The summed E-state index contributed by atoms with van der Waals surface area (Å²) in [5.41, 5.74) is 0.487. The van der Waals surface area contributed by atoms with E-state index < -0.39 is 0 Å². The molecule has 3 heteroatoms. The van der Waals surface area contributed by atoms with Crippen molar-refractivity contribution in [3.63, 3.8) is 0 Å². The molecule has 0 bridgehead atoms. The van der Waals surface area contributed by atoms with Gasteiger partial charge in [-0.2, -0.15) is 0 Å². The van der Waals surface area contributed by atoms with Crippen molar-refractivity contribution in [1.82, 2.24) is 0 Å². The second kappa shape index (κ2) is 5.24. The number of nitrogens with zero attached hydrogens (tertiary/aromatic N) is 1. The molecule has 3 aromatic rings. The zero-order valence-corrected chi connectivity index (χ0v) is 10.9. The van der Waals surface area contributed by atoms with Crippen LogP contribution in [0.25, 0.3) is 10.8 Å². The summed E-state index contributed by atoms with van der Waals surface area (Å²) in [7, 11) is 0. The fourth-order valence-electron chi connectivity index (χ4n) is 1.98. The molecule has 0 aliphatic heterocycles. The maximum atomic E-state index is 10.8. The first kappa shape index (κ1) is 11.9. The van der Waals surface area contributed by atoms with Crippen LogP contribution in [0.15, 0.2) is 81.7 Å². The van der Waals surface area contributed by atoms with Gasteiger partial charge in [0.25, 0.3) is 0 Å². The zero-order chi connectivity index (χ0) is 13.1. The second-order valence-corrected chi connectivity index (χ2v) is 5.29. The van der Waals surface area contributed by atoms with E-state index in [0.717, 1.165) is 9.79 Å². The first-order valence-electron chi connectivity index (χ1n) is 5.96. The molecule has 0 heterocycles. The van der Waals surface area contributed by atoms with Crippen molar-refractivity contribution in [2.45, 2.75) is 9.79 Å². The summed E-state index contributed by atoms with van der Waals surface area (Å²) in [4.78, 5) is 12.8. The summed E-state index contributed by atoms with van der Waals surface area (Å²) >= 11 is 1.56. The summed E-state index contributed by atoms with van der Waals surface area (Å²) in [5.74, 6) is 0. The Morgan fingerprint density at radius 2 is 1.53 bits per heavy atom. The lowest BCUT2D eigenvalue weighted by Gasteiger charge is -2.05. The van der Waals surface area contributed by atoms with Crippen LogP contribution in [0.2, 0.25) is 0 Å². The average molecular weight is 265 g/mol. The van der Waals surface area contributed by atoms with Crippen molar-refractivity contribution in [2.75, 3.05) is 0 Å². The molecular weight excluding hydrogens is 254 g/mol. The Labute approximate surface area is 115 Å². The molecule has 0 aromatic heterocycles. The lowest BCUT2D eigenvalue weighted by atomic mass is 10.1. The molecule has 3 aromatic carbocycles. The van der Waals surface area contributed by atoms with E-state index in [4.69, 9.17) is 0 Å². The minimum atomic E-state index is 0.487. The van der Waals surface area contributed by atoms with Crippen molar-refractivity contribution in [1.29, 1.82) is 0 Å². The quantitative estimate of drug-likeness (QED) is 0.594. The van der Waals surface area contributed by atoms with Crippen LogP contribution >= 0.6 is 11.8 Å². The largest absolute Gasteiger partial charge is 0.145 e. The monoisotopic (exact) mass is 265 g/mol. The fraction of sp³-hybridized carbons (Fsp3) is 0. The first-order valence-corrected chi connectivity index (χ1v) is 6.77.